The first-order chi connectivity index (χ1) is 28.0. The summed E-state index contributed by atoms with van der Waals surface area (Å²) in [6, 6.07) is 10.6. The van der Waals surface area contributed by atoms with Crippen LogP contribution in [0.25, 0.3) is 11.1 Å². The lowest BCUT2D eigenvalue weighted by Crippen LogP contribution is -2.32. The van der Waals surface area contributed by atoms with E-state index >= 15 is 0 Å². The van der Waals surface area contributed by atoms with Crippen LogP contribution in [0, 0.1) is 0 Å². The lowest BCUT2D eigenvalue weighted by molar-refractivity contribution is -0.177. The number of fused-ring (bicyclic) bond motifs is 3. The Hall–Kier alpha value is -5.39. The van der Waals surface area contributed by atoms with Crippen LogP contribution in [0.5, 0.6) is 0 Å². The monoisotopic (exact) mass is 809 g/mol. The molecule has 2 atom stereocenters. The number of nitrogens with one attached hydrogen (secondary N) is 4. The average molecular weight is 810 g/mol. The van der Waals surface area contributed by atoms with E-state index in [1.165, 1.54) is 0 Å². The zero-order chi connectivity index (χ0) is 41.9. The van der Waals surface area contributed by atoms with E-state index < -0.39 is 23.9 Å². The van der Waals surface area contributed by atoms with Gasteiger partial charge in [0.15, 0.2) is 0 Å². The molecule has 2 unspecified atom stereocenters. The first-order valence-corrected chi connectivity index (χ1v) is 19.9. The normalized spacial score (nSPS) is 14.7. The number of imide groups is 1. The van der Waals surface area contributed by atoms with Crippen molar-refractivity contribution >= 4 is 53.0 Å². The Bertz CT molecular complexity index is 1750. The Kier molecular flexibility index (Phi) is 18.6. The van der Waals surface area contributed by atoms with Gasteiger partial charge in [0.25, 0.3) is 11.8 Å². The predicted octanol–water partition coefficient (Wildman–Crippen LogP) is 4.07. The van der Waals surface area contributed by atoms with Gasteiger partial charge in [0.1, 0.15) is 6.61 Å². The first-order valence-electron chi connectivity index (χ1n) is 19.9. The first kappa shape index (κ1) is 45.3. The van der Waals surface area contributed by atoms with Gasteiger partial charge in [-0.2, -0.15) is 0 Å². The molecule has 0 radical (unpaired) electrons. The van der Waals surface area contributed by atoms with Crippen molar-refractivity contribution in [1.82, 2.24) is 15.7 Å². The second-order valence-electron chi connectivity index (χ2n) is 14.1. The number of unbranched alkanes of at least 4 members (excludes halogenated alkanes) is 1. The molecule has 1 aliphatic carbocycles. The molecule has 0 bridgehead atoms. The maximum Gasteiger partial charge on any atom is 0.533 e. The number of ether oxygens (including phenoxy) is 3. The molecule has 0 spiro atoms. The van der Waals surface area contributed by atoms with Gasteiger partial charge in [0.05, 0.1) is 19.3 Å². The molecule has 0 aromatic heterocycles. The van der Waals surface area contributed by atoms with Gasteiger partial charge in [-0.15, -0.1) is 0 Å². The predicted molar refractivity (Wildman–Crippen MR) is 211 cm³/mol. The van der Waals surface area contributed by atoms with Crippen molar-refractivity contribution in [2.24, 2.45) is 0 Å². The number of hydrogen-bond acceptors (Lipinski definition) is 12. The van der Waals surface area contributed by atoms with E-state index in [9.17, 15) is 33.6 Å². The Morgan fingerprint density at radius 3 is 1.83 bits per heavy atom. The van der Waals surface area contributed by atoms with Gasteiger partial charge in [-0.1, -0.05) is 30.5 Å². The lowest BCUT2D eigenvalue weighted by Gasteiger charge is -2.17. The molecule has 17 heteroatoms. The number of amides is 6. The topological polar surface area (TPSA) is 228 Å². The van der Waals surface area contributed by atoms with E-state index in [0.717, 1.165) is 24.0 Å². The number of anilines is 2. The molecule has 316 valence electrons. The summed E-state index contributed by atoms with van der Waals surface area (Å²) < 4.78 is 16.4. The van der Waals surface area contributed by atoms with Gasteiger partial charge in [-0.25, -0.2) is 4.79 Å². The minimum Gasteiger partial charge on any atom is -0.432 e. The molecule has 4 rings (SSSR count). The number of benzene rings is 2. The van der Waals surface area contributed by atoms with Crippen LogP contribution in [0.3, 0.4) is 0 Å². The fourth-order valence-electron chi connectivity index (χ4n) is 6.37. The highest BCUT2D eigenvalue weighted by Crippen LogP contribution is 2.47. The summed E-state index contributed by atoms with van der Waals surface area (Å²) in [6.07, 6.45) is 2.18. The summed E-state index contributed by atoms with van der Waals surface area (Å²) >= 11 is 0. The Morgan fingerprint density at radius 2 is 1.29 bits per heavy atom. The van der Waals surface area contributed by atoms with E-state index in [-0.39, 0.29) is 81.5 Å². The number of nitrogens with zero attached hydrogens (tertiary/aromatic N) is 1. The standard InChI is InChI=1S/C41H55N5O12/c1-3-4-21-55-22-18-42-35(48)7-5-9-37(50)44-28-11-13-30-31-14-12-29(45-38(51)10-6-8-36(49)43-19-23-56-27(2)17-20-47)25-33(31)34(32(30)24-28)26-57-41(54)58-46-39(52)15-16-40(46)53/h11-14,24-25,27,34,47H,3-10,15-23,26H2,1-2H3,(H,42,48)(H,43,49)(H,44,50)(H,45,51). The van der Waals surface area contributed by atoms with Crippen LogP contribution < -0.4 is 21.3 Å². The van der Waals surface area contributed by atoms with E-state index in [0.29, 0.717) is 79.7 Å². The zero-order valence-corrected chi connectivity index (χ0v) is 33.2. The second-order valence-corrected chi connectivity index (χ2v) is 14.1. The molecule has 1 aliphatic heterocycles. The molecule has 17 nitrogen and oxygen atoms in total. The van der Waals surface area contributed by atoms with Crippen molar-refractivity contribution in [3.8, 4) is 11.1 Å². The number of rotatable bonds is 25. The van der Waals surface area contributed by atoms with Crippen LogP contribution in [0.15, 0.2) is 36.4 Å². The highest BCUT2D eigenvalue weighted by Gasteiger charge is 2.35. The number of hydrogen-bond donors (Lipinski definition) is 5. The van der Waals surface area contributed by atoms with E-state index in [4.69, 9.17) is 24.2 Å². The maximum absolute atomic E-state index is 12.9. The molecule has 5 N–H and O–H groups in total. The fraction of sp³-hybridized carbons (Fsp3) is 0.537. The van der Waals surface area contributed by atoms with E-state index in [1.807, 2.05) is 19.1 Å². The molecule has 2 aromatic rings. The number of aliphatic hydroxyl groups is 1. The van der Waals surface area contributed by atoms with E-state index in [1.54, 1.807) is 24.3 Å². The van der Waals surface area contributed by atoms with Gasteiger partial charge in [-0.05, 0) is 79.1 Å². The van der Waals surface area contributed by atoms with Crippen LogP contribution in [0.2, 0.25) is 0 Å². The quantitative estimate of drug-likeness (QED) is 0.0544. The summed E-state index contributed by atoms with van der Waals surface area (Å²) in [5, 5.41) is 20.6. The van der Waals surface area contributed by atoms with Crippen molar-refractivity contribution in [1.29, 1.82) is 0 Å². The van der Waals surface area contributed by atoms with Crippen molar-refractivity contribution in [3.63, 3.8) is 0 Å². The Morgan fingerprint density at radius 1 is 0.759 bits per heavy atom. The van der Waals surface area contributed by atoms with Crippen LogP contribution in [-0.4, -0.2) is 104 Å². The molecule has 2 aromatic carbocycles. The molecule has 0 saturated carbocycles. The largest absolute Gasteiger partial charge is 0.533 e. The molecule has 6 amide bonds. The van der Waals surface area contributed by atoms with Crippen LogP contribution in [0.4, 0.5) is 16.2 Å². The van der Waals surface area contributed by atoms with Gasteiger partial charge >= 0.3 is 6.16 Å². The molecule has 1 heterocycles. The van der Waals surface area contributed by atoms with Gasteiger partial charge in [-0.3, -0.25) is 33.6 Å². The highest BCUT2D eigenvalue weighted by molar-refractivity contribution is 6.01. The van der Waals surface area contributed by atoms with Crippen molar-refractivity contribution in [3.05, 3.63) is 47.5 Å². The van der Waals surface area contributed by atoms with Crippen LogP contribution in [-0.2, 0) is 47.8 Å². The minimum absolute atomic E-state index is 0.0248. The van der Waals surface area contributed by atoms with Crippen LogP contribution in [0.1, 0.15) is 102 Å². The number of aliphatic hydroxyl groups excluding tert-OH is 1. The number of hydroxylamine groups is 2. The van der Waals surface area contributed by atoms with E-state index in [2.05, 4.69) is 28.2 Å². The van der Waals surface area contributed by atoms with Crippen molar-refractivity contribution < 1.29 is 57.7 Å². The summed E-state index contributed by atoms with van der Waals surface area (Å²) in [5.41, 5.74) is 3.95. The molecule has 1 fully saturated rings. The summed E-state index contributed by atoms with van der Waals surface area (Å²) in [4.78, 5) is 91.7. The summed E-state index contributed by atoms with van der Waals surface area (Å²) in [6.45, 7) is 5.80. The Labute approximate surface area is 337 Å². The maximum atomic E-state index is 12.9. The Balaban J connectivity index is 1.35. The summed E-state index contributed by atoms with van der Waals surface area (Å²) in [7, 11) is 0. The fourth-order valence-corrected chi connectivity index (χ4v) is 6.37. The lowest BCUT2D eigenvalue weighted by atomic mass is 9.97. The molecular weight excluding hydrogens is 754 g/mol. The second kappa shape index (κ2) is 23.7. The third-order valence-corrected chi connectivity index (χ3v) is 9.44. The van der Waals surface area contributed by atoms with Gasteiger partial charge in [0, 0.05) is 82.1 Å². The molecular formula is C41H55N5O12. The smallest absolute Gasteiger partial charge is 0.432 e. The minimum atomic E-state index is -1.24. The highest BCUT2D eigenvalue weighted by atomic mass is 16.8. The SMILES string of the molecule is CCCCOCCNC(=O)CCCC(=O)Nc1ccc2c(c1)C(COC(=O)ON1C(=O)CCC1=O)c1cc(NC(=O)CCCC(=O)NCCOC(C)CCO)ccc1-2. The molecule has 58 heavy (non-hydrogen) atoms. The van der Waals surface area contributed by atoms with Crippen molar-refractivity contribution in [2.45, 2.75) is 96.5 Å². The average Bonchev–Trinajstić information content (AvgIpc) is 3.67. The number of carbonyl (C=O) groups excluding carboxylic acids is 7. The van der Waals surface area contributed by atoms with Crippen molar-refractivity contribution in [2.75, 3.05) is 56.8 Å². The molecule has 2 aliphatic rings. The number of carbonyl (C=O) groups is 7. The third kappa shape index (κ3) is 14.5. The molecule has 1 saturated heterocycles. The van der Waals surface area contributed by atoms with Gasteiger partial charge in [0.2, 0.25) is 23.6 Å². The zero-order valence-electron chi connectivity index (χ0n) is 33.2. The van der Waals surface area contributed by atoms with Gasteiger partial charge < -0.3 is 40.6 Å². The van der Waals surface area contributed by atoms with Crippen LogP contribution >= 0.6 is 0 Å². The summed E-state index contributed by atoms with van der Waals surface area (Å²) in [5.74, 6) is -2.86. The third-order valence-electron chi connectivity index (χ3n) is 9.44.